The number of esters is 1. The molecule has 150 valence electrons. The van der Waals surface area contributed by atoms with Crippen LogP contribution in [-0.4, -0.2) is 60.0 Å². The highest BCUT2D eigenvalue weighted by Crippen LogP contribution is 2.22. The van der Waals surface area contributed by atoms with E-state index in [0.717, 1.165) is 5.56 Å². The molecule has 0 bridgehead atoms. The van der Waals surface area contributed by atoms with Crippen molar-refractivity contribution in [2.24, 2.45) is 5.92 Å². The fourth-order valence-corrected chi connectivity index (χ4v) is 2.88. The fraction of sp³-hybridized carbons (Fsp3) is 0.600. The Morgan fingerprint density at radius 1 is 1.22 bits per heavy atom. The van der Waals surface area contributed by atoms with Crippen molar-refractivity contribution in [3.8, 4) is 0 Å². The summed E-state index contributed by atoms with van der Waals surface area (Å²) in [4.78, 5) is 25.4. The number of carbonyl (C=O) groups is 2. The maximum absolute atomic E-state index is 12.1. The number of β-amino-alcohol motifs (C(OH)–C–C–N with tert-alkyl or cyclic N) is 1. The van der Waals surface area contributed by atoms with Crippen molar-refractivity contribution in [2.45, 2.75) is 45.5 Å². The van der Waals surface area contributed by atoms with Gasteiger partial charge in [0.05, 0.1) is 19.2 Å². The molecule has 1 aliphatic rings. The van der Waals surface area contributed by atoms with Gasteiger partial charge in [-0.2, -0.15) is 0 Å². The zero-order chi connectivity index (χ0) is 19.9. The molecule has 0 radical (unpaired) electrons. The van der Waals surface area contributed by atoms with Crippen LogP contribution in [0.15, 0.2) is 30.3 Å². The van der Waals surface area contributed by atoms with Crippen molar-refractivity contribution >= 4 is 12.1 Å². The molecule has 1 aliphatic heterocycles. The van der Waals surface area contributed by atoms with Crippen LogP contribution in [0.3, 0.4) is 0 Å². The molecule has 27 heavy (non-hydrogen) atoms. The van der Waals surface area contributed by atoms with Crippen molar-refractivity contribution in [1.29, 1.82) is 0 Å². The minimum atomic E-state index is -0.579. The quantitative estimate of drug-likeness (QED) is 0.557. The van der Waals surface area contributed by atoms with Crippen LogP contribution in [0.25, 0.3) is 0 Å². The lowest BCUT2D eigenvalue weighted by Crippen LogP contribution is -2.36. The average molecular weight is 378 g/mol. The minimum absolute atomic E-state index is 0.0367. The molecule has 7 nitrogen and oxygen atoms in total. The Bertz CT molecular complexity index is 615. The largest absolute Gasteiger partial charge is 0.460 e. The normalized spacial score (nSPS) is 19.8. The maximum atomic E-state index is 12.1. The molecule has 0 aliphatic carbocycles. The number of amides is 1. The van der Waals surface area contributed by atoms with Gasteiger partial charge in [-0.3, -0.25) is 4.79 Å². The first-order valence-corrected chi connectivity index (χ1v) is 9.31. The Morgan fingerprint density at radius 3 is 2.59 bits per heavy atom. The van der Waals surface area contributed by atoms with E-state index in [1.165, 1.54) is 4.90 Å². The van der Waals surface area contributed by atoms with Gasteiger partial charge in [-0.25, -0.2) is 4.79 Å². The topological polar surface area (TPSA) is 88.1 Å². The van der Waals surface area contributed by atoms with Gasteiger partial charge < -0.3 is 24.8 Å². The van der Waals surface area contributed by atoms with E-state index in [1.807, 2.05) is 51.1 Å². The van der Waals surface area contributed by atoms with Crippen molar-refractivity contribution in [3.63, 3.8) is 0 Å². The SMILES string of the molecule is CC(C)(C)OC(=O)N1CC(CCNCC(=O)OCc2ccccc2)[C@@H](O)C1. The third kappa shape index (κ3) is 7.56. The Kier molecular flexibility index (Phi) is 7.62. The second kappa shape index (κ2) is 9.71. The Morgan fingerprint density at radius 2 is 1.93 bits per heavy atom. The summed E-state index contributed by atoms with van der Waals surface area (Å²) in [5.41, 5.74) is 0.393. The summed E-state index contributed by atoms with van der Waals surface area (Å²) >= 11 is 0. The predicted molar refractivity (Wildman–Crippen MR) is 101 cm³/mol. The number of aliphatic hydroxyl groups excluding tert-OH is 1. The number of rotatable bonds is 7. The Labute approximate surface area is 160 Å². The van der Waals surface area contributed by atoms with Gasteiger partial charge in [0.1, 0.15) is 12.2 Å². The molecular formula is C20H30N2O5. The van der Waals surface area contributed by atoms with Crippen LogP contribution in [-0.2, 0) is 20.9 Å². The number of nitrogens with zero attached hydrogens (tertiary/aromatic N) is 1. The zero-order valence-corrected chi connectivity index (χ0v) is 16.3. The molecule has 2 rings (SSSR count). The van der Waals surface area contributed by atoms with Crippen LogP contribution >= 0.6 is 0 Å². The highest BCUT2D eigenvalue weighted by Gasteiger charge is 2.35. The van der Waals surface area contributed by atoms with E-state index in [4.69, 9.17) is 9.47 Å². The summed E-state index contributed by atoms with van der Waals surface area (Å²) in [6.07, 6.45) is -0.322. The summed E-state index contributed by atoms with van der Waals surface area (Å²) < 4.78 is 10.5. The standard InChI is InChI=1S/C20H30N2O5/c1-20(2,3)27-19(25)22-12-16(17(23)13-22)9-10-21-11-18(24)26-14-15-7-5-4-6-8-15/h4-8,16-17,21,23H,9-14H2,1-3H3/t16?,17-/m0/s1. The third-order valence-corrected chi connectivity index (χ3v) is 4.26. The first-order chi connectivity index (χ1) is 12.7. The Hall–Kier alpha value is -2.12. The summed E-state index contributed by atoms with van der Waals surface area (Å²) in [6.45, 7) is 7.11. The molecule has 1 aromatic rings. The van der Waals surface area contributed by atoms with Gasteiger partial charge in [0, 0.05) is 12.5 Å². The molecule has 0 spiro atoms. The van der Waals surface area contributed by atoms with Crippen LogP contribution in [0.1, 0.15) is 32.8 Å². The molecule has 2 atom stereocenters. The third-order valence-electron chi connectivity index (χ3n) is 4.26. The van der Waals surface area contributed by atoms with Crippen molar-refractivity contribution < 1.29 is 24.2 Å². The van der Waals surface area contributed by atoms with Crippen molar-refractivity contribution in [1.82, 2.24) is 10.2 Å². The number of carbonyl (C=O) groups excluding carboxylic acids is 2. The van der Waals surface area contributed by atoms with Crippen LogP contribution < -0.4 is 5.32 Å². The van der Waals surface area contributed by atoms with Crippen LogP contribution in [0.2, 0.25) is 0 Å². The van der Waals surface area contributed by atoms with E-state index in [2.05, 4.69) is 5.32 Å². The van der Waals surface area contributed by atoms with E-state index in [-0.39, 0.29) is 31.6 Å². The number of aliphatic hydroxyl groups is 1. The number of likely N-dealkylation sites (tertiary alicyclic amines) is 1. The van der Waals surface area contributed by atoms with Crippen LogP contribution in [0.4, 0.5) is 4.79 Å². The number of hydrogen-bond acceptors (Lipinski definition) is 6. The maximum Gasteiger partial charge on any atom is 0.410 e. The smallest absolute Gasteiger partial charge is 0.410 e. The van der Waals surface area contributed by atoms with Gasteiger partial charge in [-0.15, -0.1) is 0 Å². The lowest BCUT2D eigenvalue weighted by molar-refractivity contribution is -0.143. The molecule has 2 N–H and O–H groups in total. The number of nitrogens with one attached hydrogen (secondary N) is 1. The second-order valence-electron chi connectivity index (χ2n) is 7.82. The van der Waals surface area contributed by atoms with Crippen LogP contribution in [0, 0.1) is 5.92 Å². The highest BCUT2D eigenvalue weighted by atomic mass is 16.6. The fourth-order valence-electron chi connectivity index (χ4n) is 2.88. The van der Waals surface area contributed by atoms with Gasteiger partial charge >= 0.3 is 12.1 Å². The monoisotopic (exact) mass is 378 g/mol. The number of benzene rings is 1. The summed E-state index contributed by atoms with van der Waals surface area (Å²) in [5, 5.41) is 13.2. The first kappa shape index (κ1) is 21.2. The molecule has 1 aromatic carbocycles. The summed E-state index contributed by atoms with van der Waals surface area (Å²) in [5.74, 6) is -0.355. The van der Waals surface area contributed by atoms with Crippen molar-refractivity contribution in [2.75, 3.05) is 26.2 Å². The van der Waals surface area contributed by atoms with E-state index < -0.39 is 17.8 Å². The van der Waals surface area contributed by atoms with Crippen LogP contribution in [0.5, 0.6) is 0 Å². The van der Waals surface area contributed by atoms with Crippen molar-refractivity contribution in [3.05, 3.63) is 35.9 Å². The molecular weight excluding hydrogens is 348 g/mol. The molecule has 1 unspecified atom stereocenters. The minimum Gasteiger partial charge on any atom is -0.460 e. The van der Waals surface area contributed by atoms with Gasteiger partial charge in [0.2, 0.25) is 0 Å². The number of ether oxygens (including phenoxy) is 2. The average Bonchev–Trinajstić information content (AvgIpc) is 2.97. The molecule has 0 aromatic heterocycles. The predicted octanol–water partition coefficient (Wildman–Crippen LogP) is 1.94. The molecule has 0 saturated carbocycles. The molecule has 1 fully saturated rings. The Balaban J connectivity index is 1.62. The van der Waals surface area contributed by atoms with Gasteiger partial charge in [0.15, 0.2) is 0 Å². The molecule has 1 saturated heterocycles. The van der Waals surface area contributed by atoms with Gasteiger partial charge in [-0.05, 0) is 39.3 Å². The van der Waals surface area contributed by atoms with E-state index in [1.54, 1.807) is 0 Å². The van der Waals surface area contributed by atoms with E-state index >= 15 is 0 Å². The van der Waals surface area contributed by atoms with E-state index in [9.17, 15) is 14.7 Å². The lowest BCUT2D eigenvalue weighted by atomic mass is 10.0. The summed E-state index contributed by atoms with van der Waals surface area (Å²) in [7, 11) is 0. The molecule has 1 amide bonds. The first-order valence-electron chi connectivity index (χ1n) is 9.31. The number of hydrogen-bond donors (Lipinski definition) is 2. The lowest BCUT2D eigenvalue weighted by Gasteiger charge is -2.24. The molecule has 1 heterocycles. The van der Waals surface area contributed by atoms with E-state index in [0.29, 0.717) is 19.5 Å². The summed E-state index contributed by atoms with van der Waals surface area (Å²) in [6, 6.07) is 9.51. The molecule has 7 heteroatoms. The van der Waals surface area contributed by atoms with Gasteiger partial charge in [0.25, 0.3) is 0 Å². The zero-order valence-electron chi connectivity index (χ0n) is 16.3. The van der Waals surface area contributed by atoms with Gasteiger partial charge in [-0.1, -0.05) is 30.3 Å². The second-order valence-corrected chi connectivity index (χ2v) is 7.82. The highest BCUT2D eigenvalue weighted by molar-refractivity contribution is 5.71.